The maximum atomic E-state index is 10.4. The lowest BCUT2D eigenvalue weighted by atomic mass is 10.00. The van der Waals surface area contributed by atoms with Gasteiger partial charge in [0.1, 0.15) is 11.9 Å². The average Bonchev–Trinajstić information content (AvgIpc) is 3.05. The first-order chi connectivity index (χ1) is 11.0. The van der Waals surface area contributed by atoms with Crippen molar-refractivity contribution < 1.29 is 5.11 Å². The minimum absolute atomic E-state index is 0.0897. The second-order valence-electron chi connectivity index (χ2n) is 6.37. The Labute approximate surface area is 135 Å². The number of nitrogens with zero attached hydrogens (tertiary/aromatic N) is 4. The van der Waals surface area contributed by atoms with Gasteiger partial charge in [-0.25, -0.2) is 4.98 Å². The van der Waals surface area contributed by atoms with Gasteiger partial charge in [-0.3, -0.25) is 5.10 Å². The predicted molar refractivity (Wildman–Crippen MR) is 87.2 cm³/mol. The first-order valence-corrected chi connectivity index (χ1v) is 7.80. The molecule has 1 saturated heterocycles. The molecule has 1 aliphatic heterocycles. The summed E-state index contributed by atoms with van der Waals surface area (Å²) < 4.78 is 0. The fraction of sp³-hybridized carbons (Fsp3) is 0.471. The van der Waals surface area contributed by atoms with E-state index in [0.717, 1.165) is 22.6 Å². The van der Waals surface area contributed by atoms with Crippen molar-refractivity contribution in [1.29, 1.82) is 5.26 Å². The summed E-state index contributed by atoms with van der Waals surface area (Å²) in [4.78, 5) is 6.56. The van der Waals surface area contributed by atoms with Crippen LogP contribution < -0.4 is 4.90 Å². The predicted octanol–water partition coefficient (Wildman–Crippen LogP) is 1.64. The Balaban J connectivity index is 1.82. The molecule has 0 saturated carbocycles. The number of H-pyrrole nitrogens is 1. The molecule has 1 fully saturated rings. The number of nitriles is 1. The zero-order valence-electron chi connectivity index (χ0n) is 13.7. The number of aromatic nitrogens is 3. The van der Waals surface area contributed by atoms with Gasteiger partial charge in [0.15, 0.2) is 0 Å². The van der Waals surface area contributed by atoms with Crippen LogP contribution in [0.4, 0.5) is 5.82 Å². The first kappa shape index (κ1) is 15.5. The Morgan fingerprint density at radius 3 is 2.78 bits per heavy atom. The lowest BCUT2D eigenvalue weighted by Crippen LogP contribution is -2.23. The number of hydrogen-bond acceptors (Lipinski definition) is 5. The molecule has 3 heterocycles. The van der Waals surface area contributed by atoms with Crippen LogP contribution in [0.1, 0.15) is 28.2 Å². The van der Waals surface area contributed by atoms with Crippen LogP contribution in [0.3, 0.4) is 0 Å². The molecule has 2 atom stereocenters. The van der Waals surface area contributed by atoms with Crippen molar-refractivity contribution in [1.82, 2.24) is 15.2 Å². The summed E-state index contributed by atoms with van der Waals surface area (Å²) in [5.74, 6) is 0.775. The molecule has 1 aliphatic rings. The molecule has 6 heteroatoms. The van der Waals surface area contributed by atoms with E-state index >= 15 is 0 Å². The Kier molecular flexibility index (Phi) is 4.05. The normalized spacial score (nSPS) is 20.7. The molecule has 23 heavy (non-hydrogen) atoms. The van der Waals surface area contributed by atoms with E-state index in [9.17, 15) is 10.4 Å². The number of nitrogens with one attached hydrogen (secondary N) is 1. The van der Waals surface area contributed by atoms with Gasteiger partial charge in [0, 0.05) is 30.4 Å². The number of aliphatic hydroxyl groups excluding tert-OH is 1. The molecule has 0 aromatic carbocycles. The smallest absolute Gasteiger partial charge is 0.147 e. The van der Waals surface area contributed by atoms with Gasteiger partial charge in [-0.1, -0.05) is 0 Å². The van der Waals surface area contributed by atoms with Crippen molar-refractivity contribution in [3.8, 4) is 6.07 Å². The molecule has 0 aliphatic carbocycles. The number of rotatable bonds is 3. The average molecular weight is 311 g/mol. The highest BCUT2D eigenvalue weighted by Crippen LogP contribution is 2.29. The third-order valence-corrected chi connectivity index (χ3v) is 4.37. The van der Waals surface area contributed by atoms with Crippen LogP contribution in [0.2, 0.25) is 0 Å². The SMILES string of the molecule is Cc1cc(C)c(C#N)c(N2C[C@@H](Cc3cc(C)[nH]n3)[C@H](O)C2)n1. The van der Waals surface area contributed by atoms with Crippen LogP contribution >= 0.6 is 0 Å². The first-order valence-electron chi connectivity index (χ1n) is 7.80. The molecular weight excluding hydrogens is 290 g/mol. The second kappa shape index (κ2) is 6.01. The molecule has 120 valence electrons. The highest BCUT2D eigenvalue weighted by Gasteiger charge is 2.34. The highest BCUT2D eigenvalue weighted by molar-refractivity contribution is 5.58. The Hall–Kier alpha value is -2.39. The summed E-state index contributed by atoms with van der Waals surface area (Å²) in [5.41, 5.74) is 4.39. The number of hydrogen-bond donors (Lipinski definition) is 2. The van der Waals surface area contributed by atoms with Crippen molar-refractivity contribution in [2.45, 2.75) is 33.3 Å². The number of aliphatic hydroxyl groups is 1. The summed E-state index contributed by atoms with van der Waals surface area (Å²) in [6, 6.07) is 6.17. The maximum absolute atomic E-state index is 10.4. The van der Waals surface area contributed by atoms with Crippen molar-refractivity contribution in [2.75, 3.05) is 18.0 Å². The largest absolute Gasteiger partial charge is 0.391 e. The molecule has 2 N–H and O–H groups in total. The van der Waals surface area contributed by atoms with Crippen LogP contribution in [-0.4, -0.2) is 39.5 Å². The topological polar surface area (TPSA) is 88.8 Å². The monoisotopic (exact) mass is 311 g/mol. The van der Waals surface area contributed by atoms with E-state index in [1.807, 2.05) is 37.8 Å². The number of aromatic amines is 1. The lowest BCUT2D eigenvalue weighted by Gasteiger charge is -2.20. The van der Waals surface area contributed by atoms with E-state index < -0.39 is 6.10 Å². The van der Waals surface area contributed by atoms with Gasteiger partial charge in [-0.2, -0.15) is 10.4 Å². The van der Waals surface area contributed by atoms with Crippen molar-refractivity contribution in [3.05, 3.63) is 40.3 Å². The molecule has 0 radical (unpaired) electrons. The van der Waals surface area contributed by atoms with E-state index in [1.54, 1.807) is 0 Å². The van der Waals surface area contributed by atoms with Crippen molar-refractivity contribution in [2.24, 2.45) is 5.92 Å². The summed E-state index contributed by atoms with van der Waals surface area (Å²) in [5, 5.41) is 27.0. The molecular formula is C17H21N5O. The van der Waals surface area contributed by atoms with Crippen LogP contribution in [0.25, 0.3) is 0 Å². The Bertz CT molecular complexity index is 761. The number of aryl methyl sites for hydroxylation is 3. The molecule has 2 aromatic heterocycles. The standard InChI is InChI=1S/C17H21N5O/c1-10-4-11(2)19-17(15(10)7-18)22-8-13(16(23)9-22)6-14-5-12(3)20-21-14/h4-5,13,16,23H,6,8-9H2,1-3H3,(H,20,21)/t13-,16-/m1/s1. The van der Waals surface area contributed by atoms with Gasteiger partial charge in [0.05, 0.1) is 17.4 Å². The highest BCUT2D eigenvalue weighted by atomic mass is 16.3. The van der Waals surface area contributed by atoms with Gasteiger partial charge in [0.2, 0.25) is 0 Å². The number of β-amino-alcohol motifs (C(OH)–C–C–N with tert-alkyl or cyclic N) is 1. The summed E-state index contributed by atoms with van der Waals surface area (Å²) in [7, 11) is 0. The molecule has 0 amide bonds. The molecule has 6 nitrogen and oxygen atoms in total. The van der Waals surface area contributed by atoms with E-state index in [2.05, 4.69) is 21.3 Å². The molecule has 0 bridgehead atoms. The van der Waals surface area contributed by atoms with Gasteiger partial charge in [0.25, 0.3) is 0 Å². The van der Waals surface area contributed by atoms with E-state index in [1.165, 1.54) is 0 Å². The number of anilines is 1. The minimum atomic E-state index is -0.443. The molecule has 3 rings (SSSR count). The Morgan fingerprint density at radius 1 is 1.35 bits per heavy atom. The zero-order chi connectivity index (χ0) is 16.6. The van der Waals surface area contributed by atoms with Crippen LogP contribution in [0.5, 0.6) is 0 Å². The molecule has 0 unspecified atom stereocenters. The van der Waals surface area contributed by atoms with E-state index in [4.69, 9.17) is 0 Å². The van der Waals surface area contributed by atoms with Gasteiger partial charge in [-0.15, -0.1) is 0 Å². The van der Waals surface area contributed by atoms with Crippen molar-refractivity contribution >= 4 is 5.82 Å². The van der Waals surface area contributed by atoms with Crippen LogP contribution in [0, 0.1) is 38.0 Å². The third kappa shape index (κ3) is 3.06. The van der Waals surface area contributed by atoms with E-state index in [-0.39, 0.29) is 5.92 Å². The maximum Gasteiger partial charge on any atom is 0.147 e. The minimum Gasteiger partial charge on any atom is -0.391 e. The number of pyridine rings is 1. The molecule has 2 aromatic rings. The van der Waals surface area contributed by atoms with Crippen LogP contribution in [-0.2, 0) is 6.42 Å². The second-order valence-corrected chi connectivity index (χ2v) is 6.37. The zero-order valence-corrected chi connectivity index (χ0v) is 13.7. The third-order valence-electron chi connectivity index (χ3n) is 4.37. The van der Waals surface area contributed by atoms with Crippen LogP contribution in [0.15, 0.2) is 12.1 Å². The Morgan fingerprint density at radius 2 is 2.13 bits per heavy atom. The quantitative estimate of drug-likeness (QED) is 0.899. The lowest BCUT2D eigenvalue weighted by molar-refractivity contribution is 0.148. The summed E-state index contributed by atoms with van der Waals surface area (Å²) >= 11 is 0. The fourth-order valence-electron chi connectivity index (χ4n) is 3.26. The summed E-state index contributed by atoms with van der Waals surface area (Å²) in [6.07, 6.45) is 0.274. The van der Waals surface area contributed by atoms with Gasteiger partial charge in [-0.05, 0) is 44.9 Å². The molecule has 0 spiro atoms. The van der Waals surface area contributed by atoms with Gasteiger partial charge >= 0.3 is 0 Å². The summed E-state index contributed by atoms with van der Waals surface area (Å²) in [6.45, 7) is 6.99. The fourth-order valence-corrected chi connectivity index (χ4v) is 3.26. The van der Waals surface area contributed by atoms with E-state index in [0.29, 0.717) is 30.9 Å². The van der Waals surface area contributed by atoms with Gasteiger partial charge < -0.3 is 10.0 Å². The van der Waals surface area contributed by atoms with Crippen molar-refractivity contribution in [3.63, 3.8) is 0 Å².